The second kappa shape index (κ2) is 4.97. The summed E-state index contributed by atoms with van der Waals surface area (Å²) in [5.74, 6) is 0.161. The van der Waals surface area contributed by atoms with Crippen molar-refractivity contribution in [2.45, 2.75) is 70.4 Å². The van der Waals surface area contributed by atoms with Crippen LogP contribution in [0.3, 0.4) is 0 Å². The van der Waals surface area contributed by atoms with E-state index in [2.05, 4.69) is 11.8 Å². The van der Waals surface area contributed by atoms with Crippen molar-refractivity contribution >= 4 is 5.97 Å². The summed E-state index contributed by atoms with van der Waals surface area (Å²) in [6.45, 7) is 5.31. The van der Waals surface area contributed by atoms with Gasteiger partial charge in [-0.1, -0.05) is 26.7 Å². The highest BCUT2D eigenvalue weighted by Crippen LogP contribution is 2.39. The first-order valence-corrected chi connectivity index (χ1v) is 7.10. The highest BCUT2D eigenvalue weighted by Gasteiger charge is 2.49. The van der Waals surface area contributed by atoms with Gasteiger partial charge in [-0.25, -0.2) is 0 Å². The van der Waals surface area contributed by atoms with Crippen LogP contribution in [0.15, 0.2) is 0 Å². The molecule has 0 aromatic heterocycles. The molecule has 1 N–H and O–H groups in total. The number of carboxylic acid groups (broad SMARTS) is 1. The van der Waals surface area contributed by atoms with Crippen LogP contribution in [0, 0.1) is 5.92 Å². The van der Waals surface area contributed by atoms with E-state index in [-0.39, 0.29) is 0 Å². The lowest BCUT2D eigenvalue weighted by Gasteiger charge is -2.42. The third-order valence-corrected chi connectivity index (χ3v) is 4.87. The second-order valence-electron chi connectivity index (χ2n) is 5.91. The predicted octanol–water partition coefficient (Wildman–Crippen LogP) is 2.89. The summed E-state index contributed by atoms with van der Waals surface area (Å²) in [6, 6.07) is 0.511. The minimum Gasteiger partial charge on any atom is -0.480 e. The van der Waals surface area contributed by atoms with Crippen LogP contribution in [0.5, 0.6) is 0 Å². The maximum absolute atomic E-state index is 11.6. The van der Waals surface area contributed by atoms with Crippen molar-refractivity contribution in [3.05, 3.63) is 0 Å². The molecule has 3 heteroatoms. The molecule has 0 spiro atoms. The Kier molecular flexibility index (Phi) is 3.76. The Hall–Kier alpha value is -0.570. The van der Waals surface area contributed by atoms with Crippen LogP contribution in [0.4, 0.5) is 0 Å². The van der Waals surface area contributed by atoms with Crippen LogP contribution in [-0.2, 0) is 4.79 Å². The molecule has 2 fully saturated rings. The van der Waals surface area contributed by atoms with Crippen LogP contribution in [-0.4, -0.2) is 34.1 Å². The fraction of sp³-hybridized carbons (Fsp3) is 0.929. The number of aliphatic carboxylic acids is 1. The van der Waals surface area contributed by atoms with Crippen molar-refractivity contribution in [3.63, 3.8) is 0 Å². The molecule has 0 amide bonds. The summed E-state index contributed by atoms with van der Waals surface area (Å²) in [6.07, 6.45) is 7.59. The standard InChI is InChI=1S/C14H25NO2/c1-3-14(13(16)17)8-5-9-15(14)12-7-4-6-11(2)10-12/h11-12H,3-10H2,1-2H3,(H,16,17). The van der Waals surface area contributed by atoms with E-state index in [1.807, 2.05) is 6.92 Å². The van der Waals surface area contributed by atoms with Gasteiger partial charge in [0.15, 0.2) is 0 Å². The first-order valence-electron chi connectivity index (χ1n) is 7.10. The van der Waals surface area contributed by atoms with Gasteiger partial charge in [0, 0.05) is 6.04 Å². The molecule has 98 valence electrons. The maximum atomic E-state index is 11.6. The summed E-state index contributed by atoms with van der Waals surface area (Å²) in [5, 5.41) is 9.59. The van der Waals surface area contributed by atoms with Crippen molar-refractivity contribution in [1.82, 2.24) is 4.90 Å². The number of carbonyl (C=O) groups is 1. The predicted molar refractivity (Wildman–Crippen MR) is 68.0 cm³/mol. The van der Waals surface area contributed by atoms with Gasteiger partial charge in [-0.15, -0.1) is 0 Å². The molecule has 3 atom stereocenters. The molecule has 1 heterocycles. The summed E-state index contributed by atoms with van der Waals surface area (Å²) < 4.78 is 0. The minimum absolute atomic E-state index is 0.511. The first kappa shape index (κ1) is 12.9. The Morgan fingerprint density at radius 3 is 2.76 bits per heavy atom. The first-order chi connectivity index (χ1) is 8.10. The topological polar surface area (TPSA) is 40.5 Å². The molecule has 0 aromatic rings. The SMILES string of the molecule is CCC1(C(=O)O)CCCN1C1CCCC(C)C1. The molecule has 2 aliphatic rings. The van der Waals surface area contributed by atoms with E-state index in [4.69, 9.17) is 0 Å². The summed E-state index contributed by atoms with van der Waals surface area (Å²) in [4.78, 5) is 14.0. The molecule has 2 rings (SSSR count). The van der Waals surface area contributed by atoms with Crippen LogP contribution >= 0.6 is 0 Å². The van der Waals surface area contributed by atoms with Crippen molar-refractivity contribution in [2.24, 2.45) is 5.92 Å². The zero-order valence-corrected chi connectivity index (χ0v) is 11.1. The minimum atomic E-state index is -0.601. The fourth-order valence-corrected chi connectivity index (χ4v) is 3.88. The average molecular weight is 239 g/mol. The molecule has 1 saturated heterocycles. The third-order valence-electron chi connectivity index (χ3n) is 4.87. The van der Waals surface area contributed by atoms with Gasteiger partial charge in [0.05, 0.1) is 0 Å². The lowest BCUT2D eigenvalue weighted by Crippen LogP contribution is -2.55. The normalized spacial score (nSPS) is 39.4. The number of carboxylic acids is 1. The van der Waals surface area contributed by atoms with E-state index >= 15 is 0 Å². The van der Waals surface area contributed by atoms with Gasteiger partial charge >= 0.3 is 5.97 Å². The van der Waals surface area contributed by atoms with Crippen LogP contribution in [0.25, 0.3) is 0 Å². The number of hydrogen-bond donors (Lipinski definition) is 1. The molecule has 3 nitrogen and oxygen atoms in total. The molecular formula is C14H25NO2. The van der Waals surface area contributed by atoms with E-state index in [0.717, 1.165) is 31.7 Å². The monoisotopic (exact) mass is 239 g/mol. The average Bonchev–Trinajstić information content (AvgIpc) is 2.73. The van der Waals surface area contributed by atoms with E-state index in [1.165, 1.54) is 25.7 Å². The molecule has 1 saturated carbocycles. The highest BCUT2D eigenvalue weighted by molar-refractivity contribution is 5.79. The molecule has 0 radical (unpaired) electrons. The molecule has 17 heavy (non-hydrogen) atoms. The number of rotatable bonds is 3. The quantitative estimate of drug-likeness (QED) is 0.823. The molecule has 0 aromatic carbocycles. The van der Waals surface area contributed by atoms with Gasteiger partial charge in [-0.3, -0.25) is 9.69 Å². The summed E-state index contributed by atoms with van der Waals surface area (Å²) in [5.41, 5.74) is -0.554. The fourth-order valence-electron chi connectivity index (χ4n) is 3.88. The number of hydrogen-bond acceptors (Lipinski definition) is 2. The van der Waals surface area contributed by atoms with Crippen molar-refractivity contribution in [1.29, 1.82) is 0 Å². The summed E-state index contributed by atoms with van der Waals surface area (Å²) >= 11 is 0. The molecule has 1 aliphatic heterocycles. The van der Waals surface area contributed by atoms with Gasteiger partial charge in [-0.2, -0.15) is 0 Å². The van der Waals surface area contributed by atoms with Gasteiger partial charge in [-0.05, 0) is 44.6 Å². The van der Waals surface area contributed by atoms with Crippen molar-refractivity contribution < 1.29 is 9.90 Å². The zero-order valence-electron chi connectivity index (χ0n) is 11.1. The smallest absolute Gasteiger partial charge is 0.324 e. The molecule has 1 aliphatic carbocycles. The van der Waals surface area contributed by atoms with E-state index < -0.39 is 11.5 Å². The largest absolute Gasteiger partial charge is 0.480 e. The summed E-state index contributed by atoms with van der Waals surface area (Å²) in [7, 11) is 0. The highest BCUT2D eigenvalue weighted by atomic mass is 16.4. The molecule has 3 unspecified atom stereocenters. The van der Waals surface area contributed by atoms with E-state index in [0.29, 0.717) is 6.04 Å². The van der Waals surface area contributed by atoms with Gasteiger partial charge in [0.1, 0.15) is 5.54 Å². The second-order valence-corrected chi connectivity index (χ2v) is 5.91. The number of likely N-dealkylation sites (tertiary alicyclic amines) is 1. The van der Waals surface area contributed by atoms with E-state index in [9.17, 15) is 9.90 Å². The van der Waals surface area contributed by atoms with Crippen LogP contribution in [0.2, 0.25) is 0 Å². The zero-order chi connectivity index (χ0) is 12.5. The van der Waals surface area contributed by atoms with Crippen LogP contribution < -0.4 is 0 Å². The lowest BCUT2D eigenvalue weighted by atomic mass is 9.83. The molecular weight excluding hydrogens is 214 g/mol. The molecule has 0 bridgehead atoms. The van der Waals surface area contributed by atoms with E-state index in [1.54, 1.807) is 0 Å². The van der Waals surface area contributed by atoms with Gasteiger partial charge in [0.2, 0.25) is 0 Å². The van der Waals surface area contributed by atoms with Gasteiger partial charge in [0.25, 0.3) is 0 Å². The maximum Gasteiger partial charge on any atom is 0.324 e. The Morgan fingerprint density at radius 2 is 2.18 bits per heavy atom. The lowest BCUT2D eigenvalue weighted by molar-refractivity contribution is -0.152. The Balaban J connectivity index is 2.15. The Bertz CT molecular complexity index is 292. The van der Waals surface area contributed by atoms with Gasteiger partial charge < -0.3 is 5.11 Å². The Morgan fingerprint density at radius 1 is 1.41 bits per heavy atom. The van der Waals surface area contributed by atoms with Crippen molar-refractivity contribution in [2.75, 3.05) is 6.54 Å². The van der Waals surface area contributed by atoms with Crippen LogP contribution in [0.1, 0.15) is 58.8 Å². The number of nitrogens with zero attached hydrogens (tertiary/aromatic N) is 1. The van der Waals surface area contributed by atoms with Crippen molar-refractivity contribution in [3.8, 4) is 0 Å². The Labute approximate surface area is 104 Å². The third kappa shape index (κ3) is 2.22.